The van der Waals surface area contributed by atoms with Crippen LogP contribution in [0, 0.1) is 11.3 Å². The molecule has 0 aromatic rings. The van der Waals surface area contributed by atoms with Crippen molar-refractivity contribution in [1.82, 2.24) is 4.90 Å². The van der Waals surface area contributed by atoms with Crippen LogP contribution >= 0.6 is 0 Å². The molecule has 0 amide bonds. The molecule has 0 radical (unpaired) electrons. The lowest BCUT2D eigenvalue weighted by Crippen LogP contribution is -2.37. The van der Waals surface area contributed by atoms with Gasteiger partial charge in [-0.05, 0) is 19.4 Å². The maximum atomic E-state index is 11.2. The Balaban J connectivity index is 2.44. The summed E-state index contributed by atoms with van der Waals surface area (Å²) in [7, 11) is 1.41. The van der Waals surface area contributed by atoms with Crippen LogP contribution in [-0.4, -0.2) is 37.1 Å². The van der Waals surface area contributed by atoms with Crippen molar-refractivity contribution in [3.63, 3.8) is 0 Å². The number of esters is 1. The van der Waals surface area contributed by atoms with E-state index in [9.17, 15) is 4.79 Å². The van der Waals surface area contributed by atoms with Gasteiger partial charge in [0.2, 0.25) is 0 Å². The first-order valence-electron chi connectivity index (χ1n) is 4.48. The van der Waals surface area contributed by atoms with Gasteiger partial charge in [-0.2, -0.15) is 5.26 Å². The first-order valence-corrected chi connectivity index (χ1v) is 4.48. The Kier molecular flexibility index (Phi) is 3.71. The van der Waals surface area contributed by atoms with Gasteiger partial charge < -0.3 is 4.74 Å². The van der Waals surface area contributed by atoms with Gasteiger partial charge in [-0.15, -0.1) is 0 Å². The third-order valence-corrected chi connectivity index (χ3v) is 2.35. The van der Waals surface area contributed by atoms with Crippen LogP contribution in [0.2, 0.25) is 0 Å². The van der Waals surface area contributed by atoms with Crippen molar-refractivity contribution in [3.8, 4) is 6.07 Å². The number of likely N-dealkylation sites (tertiary alicyclic amines) is 1. The number of methoxy groups -OCH3 is 1. The predicted molar refractivity (Wildman–Crippen MR) is 46.8 cm³/mol. The van der Waals surface area contributed by atoms with Gasteiger partial charge >= 0.3 is 5.97 Å². The fourth-order valence-corrected chi connectivity index (χ4v) is 1.69. The van der Waals surface area contributed by atoms with Crippen molar-refractivity contribution in [2.24, 2.45) is 0 Å². The number of nitriles is 1. The van der Waals surface area contributed by atoms with Crippen molar-refractivity contribution in [3.05, 3.63) is 0 Å². The third kappa shape index (κ3) is 2.43. The highest BCUT2D eigenvalue weighted by Crippen LogP contribution is 2.18. The number of rotatable bonds is 3. The van der Waals surface area contributed by atoms with Gasteiger partial charge in [-0.1, -0.05) is 0 Å². The van der Waals surface area contributed by atoms with Crippen LogP contribution in [0.1, 0.15) is 19.3 Å². The lowest BCUT2D eigenvalue weighted by molar-refractivity contribution is -0.145. The number of nitrogens with zero attached hydrogens (tertiary/aromatic N) is 2. The molecule has 1 rings (SSSR count). The van der Waals surface area contributed by atoms with E-state index >= 15 is 0 Å². The average Bonchev–Trinajstić information content (AvgIpc) is 2.61. The maximum Gasteiger partial charge on any atom is 0.323 e. The molecule has 1 aliphatic heterocycles. The second kappa shape index (κ2) is 4.83. The van der Waals surface area contributed by atoms with Gasteiger partial charge in [0, 0.05) is 13.0 Å². The number of hydrogen-bond donors (Lipinski definition) is 0. The SMILES string of the molecule is COC(=O)C1CCCN1CCC#N. The van der Waals surface area contributed by atoms with Crippen LogP contribution in [0.15, 0.2) is 0 Å². The van der Waals surface area contributed by atoms with Gasteiger partial charge in [0.25, 0.3) is 0 Å². The van der Waals surface area contributed by atoms with Crippen LogP contribution < -0.4 is 0 Å². The molecule has 0 aromatic carbocycles. The Morgan fingerprint density at radius 3 is 3.15 bits per heavy atom. The molecular formula is C9H14N2O2. The minimum atomic E-state index is -0.171. The van der Waals surface area contributed by atoms with E-state index in [-0.39, 0.29) is 12.0 Å². The predicted octanol–water partition coefficient (Wildman–Crippen LogP) is 0.537. The number of carbonyl (C=O) groups excluding carboxylic acids is 1. The van der Waals surface area contributed by atoms with Crippen LogP contribution in [0.3, 0.4) is 0 Å². The summed E-state index contributed by atoms with van der Waals surface area (Å²) in [6.07, 6.45) is 2.36. The normalized spacial score (nSPS) is 22.6. The summed E-state index contributed by atoms with van der Waals surface area (Å²) in [5.41, 5.74) is 0. The molecule has 1 saturated heterocycles. The van der Waals surface area contributed by atoms with E-state index in [0.29, 0.717) is 13.0 Å². The van der Waals surface area contributed by atoms with Gasteiger partial charge in [0.05, 0.1) is 13.2 Å². The van der Waals surface area contributed by atoms with Crippen molar-refractivity contribution in [1.29, 1.82) is 5.26 Å². The van der Waals surface area contributed by atoms with Crippen LogP contribution in [0.5, 0.6) is 0 Å². The zero-order valence-electron chi connectivity index (χ0n) is 7.82. The van der Waals surface area contributed by atoms with Crippen molar-refractivity contribution < 1.29 is 9.53 Å². The molecule has 0 bridgehead atoms. The molecule has 0 aliphatic carbocycles. The molecule has 0 aromatic heterocycles. The summed E-state index contributed by atoms with van der Waals surface area (Å²) >= 11 is 0. The zero-order chi connectivity index (χ0) is 9.68. The summed E-state index contributed by atoms with van der Waals surface area (Å²) in [6.45, 7) is 1.58. The fourth-order valence-electron chi connectivity index (χ4n) is 1.69. The highest BCUT2D eigenvalue weighted by atomic mass is 16.5. The quantitative estimate of drug-likeness (QED) is 0.598. The summed E-state index contributed by atoms with van der Waals surface area (Å²) in [5, 5.41) is 8.42. The first-order chi connectivity index (χ1) is 6.29. The average molecular weight is 182 g/mol. The van der Waals surface area contributed by atoms with Gasteiger partial charge in [0.15, 0.2) is 0 Å². The highest BCUT2D eigenvalue weighted by molar-refractivity contribution is 5.75. The summed E-state index contributed by atoms with van der Waals surface area (Å²) in [6, 6.07) is 1.97. The van der Waals surface area contributed by atoms with Crippen LogP contribution in [-0.2, 0) is 9.53 Å². The van der Waals surface area contributed by atoms with Gasteiger partial charge in [-0.25, -0.2) is 0 Å². The highest BCUT2D eigenvalue weighted by Gasteiger charge is 2.30. The van der Waals surface area contributed by atoms with Crippen molar-refractivity contribution in [2.75, 3.05) is 20.2 Å². The second-order valence-electron chi connectivity index (χ2n) is 3.13. The van der Waals surface area contributed by atoms with Crippen molar-refractivity contribution in [2.45, 2.75) is 25.3 Å². The Hall–Kier alpha value is -1.08. The number of hydrogen-bond acceptors (Lipinski definition) is 4. The molecular weight excluding hydrogens is 168 g/mol. The molecule has 0 saturated carbocycles. The lowest BCUT2D eigenvalue weighted by Gasteiger charge is -2.20. The Labute approximate surface area is 78.1 Å². The first kappa shape index (κ1) is 10.0. The molecule has 13 heavy (non-hydrogen) atoms. The van der Waals surface area contributed by atoms with E-state index in [2.05, 4.69) is 10.8 Å². The molecule has 0 spiro atoms. The summed E-state index contributed by atoms with van der Waals surface area (Å²) < 4.78 is 4.68. The lowest BCUT2D eigenvalue weighted by atomic mass is 10.2. The van der Waals surface area contributed by atoms with Crippen LogP contribution in [0.4, 0.5) is 0 Å². The van der Waals surface area contributed by atoms with E-state index in [0.717, 1.165) is 19.4 Å². The standard InChI is InChI=1S/C9H14N2O2/c1-13-9(12)8-4-2-6-11(8)7-3-5-10/h8H,2-4,6-7H2,1H3. The molecule has 1 atom stereocenters. The van der Waals surface area contributed by atoms with E-state index in [4.69, 9.17) is 5.26 Å². The molecule has 72 valence electrons. The minimum Gasteiger partial charge on any atom is -0.468 e. The van der Waals surface area contributed by atoms with E-state index in [1.807, 2.05) is 4.90 Å². The number of carbonyl (C=O) groups is 1. The van der Waals surface area contributed by atoms with Crippen molar-refractivity contribution >= 4 is 5.97 Å². The Morgan fingerprint density at radius 2 is 2.54 bits per heavy atom. The molecule has 1 fully saturated rings. The zero-order valence-corrected chi connectivity index (χ0v) is 7.82. The minimum absolute atomic E-state index is 0.113. The summed E-state index contributed by atoms with van der Waals surface area (Å²) in [5.74, 6) is -0.171. The fraction of sp³-hybridized carbons (Fsp3) is 0.778. The van der Waals surface area contributed by atoms with Gasteiger partial charge in [0.1, 0.15) is 6.04 Å². The molecule has 1 heterocycles. The van der Waals surface area contributed by atoms with Gasteiger partial charge in [-0.3, -0.25) is 9.69 Å². The maximum absolute atomic E-state index is 11.2. The Morgan fingerprint density at radius 1 is 1.77 bits per heavy atom. The number of ether oxygens (including phenoxy) is 1. The second-order valence-corrected chi connectivity index (χ2v) is 3.13. The molecule has 1 unspecified atom stereocenters. The topological polar surface area (TPSA) is 53.3 Å². The Bertz CT molecular complexity index is 222. The van der Waals surface area contributed by atoms with Crippen LogP contribution in [0.25, 0.3) is 0 Å². The molecule has 1 aliphatic rings. The molecule has 0 N–H and O–H groups in total. The molecule has 4 heteroatoms. The molecule has 4 nitrogen and oxygen atoms in total. The smallest absolute Gasteiger partial charge is 0.323 e. The summed E-state index contributed by atoms with van der Waals surface area (Å²) in [4.78, 5) is 13.3. The van der Waals surface area contributed by atoms with E-state index < -0.39 is 0 Å². The largest absolute Gasteiger partial charge is 0.468 e. The van der Waals surface area contributed by atoms with E-state index in [1.54, 1.807) is 0 Å². The monoisotopic (exact) mass is 182 g/mol. The van der Waals surface area contributed by atoms with E-state index in [1.165, 1.54) is 7.11 Å². The third-order valence-electron chi connectivity index (χ3n) is 2.35.